The summed E-state index contributed by atoms with van der Waals surface area (Å²) in [6, 6.07) is 14.3. The van der Waals surface area contributed by atoms with Gasteiger partial charge < -0.3 is 24.8 Å². The first-order valence-corrected chi connectivity index (χ1v) is 8.74. The van der Waals surface area contributed by atoms with Crippen LogP contribution in [0.1, 0.15) is 17.5 Å². The number of aliphatic hydroxyl groups excluding tert-OH is 3. The van der Waals surface area contributed by atoms with Gasteiger partial charge in [0.15, 0.2) is 6.23 Å². The molecule has 0 radical (unpaired) electrons. The highest BCUT2D eigenvalue weighted by Gasteiger charge is 2.39. The van der Waals surface area contributed by atoms with Gasteiger partial charge in [0.1, 0.15) is 24.0 Å². The molecule has 2 heterocycles. The van der Waals surface area contributed by atoms with Crippen LogP contribution in [0.25, 0.3) is 10.8 Å². The molecule has 8 heteroatoms. The lowest BCUT2D eigenvalue weighted by Crippen LogP contribution is -2.50. The average molecular weight is 371 g/mol. The van der Waals surface area contributed by atoms with Gasteiger partial charge in [0.05, 0.1) is 26.0 Å². The minimum Gasteiger partial charge on any atom is -0.388 e. The van der Waals surface area contributed by atoms with Gasteiger partial charge in [0.2, 0.25) is 0 Å². The Labute approximate surface area is 155 Å². The van der Waals surface area contributed by atoms with Crippen LogP contribution in [-0.4, -0.2) is 55.2 Å². The molecule has 1 aliphatic heterocycles. The quantitative estimate of drug-likeness (QED) is 0.607. The van der Waals surface area contributed by atoms with E-state index in [1.165, 1.54) is 10.1 Å². The lowest BCUT2D eigenvalue weighted by Gasteiger charge is -2.34. The van der Waals surface area contributed by atoms with Gasteiger partial charge in [-0.15, -0.1) is 5.10 Å². The van der Waals surface area contributed by atoms with E-state index >= 15 is 0 Å². The molecule has 1 fully saturated rings. The van der Waals surface area contributed by atoms with Crippen molar-refractivity contribution in [2.24, 2.45) is 0 Å². The normalized spacial score (nSPS) is 25.7. The van der Waals surface area contributed by atoms with Gasteiger partial charge in [-0.05, 0) is 22.4 Å². The van der Waals surface area contributed by atoms with E-state index in [4.69, 9.17) is 9.47 Å². The highest BCUT2D eigenvalue weighted by molar-refractivity contribution is 5.82. The maximum absolute atomic E-state index is 10.0. The molecule has 4 rings (SSSR count). The largest absolute Gasteiger partial charge is 0.388 e. The Morgan fingerprint density at radius 2 is 1.85 bits per heavy atom. The van der Waals surface area contributed by atoms with Crippen molar-refractivity contribution >= 4 is 10.8 Å². The van der Waals surface area contributed by atoms with Crippen LogP contribution >= 0.6 is 0 Å². The minimum absolute atomic E-state index is 0.0868. The molecule has 3 aromatic rings. The van der Waals surface area contributed by atoms with Crippen molar-refractivity contribution in [1.82, 2.24) is 15.0 Å². The Morgan fingerprint density at radius 1 is 1.04 bits per heavy atom. The van der Waals surface area contributed by atoms with Gasteiger partial charge in [-0.1, -0.05) is 41.6 Å². The molecule has 27 heavy (non-hydrogen) atoms. The molecule has 1 aliphatic rings. The average Bonchev–Trinajstić information content (AvgIpc) is 3.15. The number of aliphatic hydroxyl groups is 3. The van der Waals surface area contributed by atoms with E-state index in [-0.39, 0.29) is 13.2 Å². The zero-order chi connectivity index (χ0) is 18.8. The Morgan fingerprint density at radius 3 is 2.70 bits per heavy atom. The first-order valence-electron chi connectivity index (χ1n) is 8.74. The standard InChI is InChI=1S/C19H21N3O5/c23-16-11-27-19(18(25)17(16)24)22-8-15(20-21-22)10-26-9-12-5-6-13-3-1-2-4-14(13)7-12/h1-8,16-19,23-25H,9-11H2. The fourth-order valence-electron chi connectivity index (χ4n) is 3.13. The molecule has 0 amide bonds. The summed E-state index contributed by atoms with van der Waals surface area (Å²) in [4.78, 5) is 0. The van der Waals surface area contributed by atoms with Crippen LogP contribution in [0.5, 0.6) is 0 Å². The molecule has 0 bridgehead atoms. The van der Waals surface area contributed by atoms with Crippen molar-refractivity contribution in [2.45, 2.75) is 37.8 Å². The first kappa shape index (κ1) is 18.0. The third-order valence-electron chi connectivity index (χ3n) is 4.63. The smallest absolute Gasteiger partial charge is 0.180 e. The van der Waals surface area contributed by atoms with Crippen LogP contribution < -0.4 is 0 Å². The summed E-state index contributed by atoms with van der Waals surface area (Å²) in [6.07, 6.45) is -3.00. The molecule has 8 nitrogen and oxygen atoms in total. The Balaban J connectivity index is 1.35. The van der Waals surface area contributed by atoms with Crippen molar-refractivity contribution in [1.29, 1.82) is 0 Å². The Hall–Kier alpha value is -2.36. The van der Waals surface area contributed by atoms with Crippen LogP contribution in [0.2, 0.25) is 0 Å². The monoisotopic (exact) mass is 371 g/mol. The maximum Gasteiger partial charge on any atom is 0.180 e. The molecule has 2 aromatic carbocycles. The third-order valence-corrected chi connectivity index (χ3v) is 4.63. The van der Waals surface area contributed by atoms with E-state index in [9.17, 15) is 15.3 Å². The third kappa shape index (κ3) is 3.85. The van der Waals surface area contributed by atoms with E-state index in [1.54, 1.807) is 6.20 Å². The molecule has 1 saturated heterocycles. The topological polar surface area (TPSA) is 110 Å². The number of benzene rings is 2. The lowest BCUT2D eigenvalue weighted by molar-refractivity contribution is -0.214. The molecule has 4 atom stereocenters. The van der Waals surface area contributed by atoms with E-state index in [0.29, 0.717) is 12.3 Å². The van der Waals surface area contributed by atoms with Crippen molar-refractivity contribution in [2.75, 3.05) is 6.61 Å². The number of hydrogen-bond acceptors (Lipinski definition) is 7. The summed E-state index contributed by atoms with van der Waals surface area (Å²) < 4.78 is 12.4. The zero-order valence-corrected chi connectivity index (χ0v) is 14.5. The predicted molar refractivity (Wildman–Crippen MR) is 95.5 cm³/mol. The molecule has 142 valence electrons. The van der Waals surface area contributed by atoms with Gasteiger partial charge in [-0.3, -0.25) is 0 Å². The number of ether oxygens (including phenoxy) is 2. The molecular formula is C19H21N3O5. The lowest BCUT2D eigenvalue weighted by atomic mass is 10.0. The van der Waals surface area contributed by atoms with Gasteiger partial charge in [-0.2, -0.15) is 0 Å². The van der Waals surface area contributed by atoms with Crippen LogP contribution in [0.15, 0.2) is 48.7 Å². The van der Waals surface area contributed by atoms with Crippen molar-refractivity contribution < 1.29 is 24.8 Å². The summed E-state index contributed by atoms with van der Waals surface area (Å²) in [5.74, 6) is 0. The summed E-state index contributed by atoms with van der Waals surface area (Å²) in [5.41, 5.74) is 1.64. The summed E-state index contributed by atoms with van der Waals surface area (Å²) in [7, 11) is 0. The minimum atomic E-state index is -1.29. The van der Waals surface area contributed by atoms with Crippen LogP contribution in [0.4, 0.5) is 0 Å². The molecule has 1 aromatic heterocycles. The van der Waals surface area contributed by atoms with Crippen LogP contribution in [0, 0.1) is 0 Å². The Kier molecular flexibility index (Phi) is 5.15. The SMILES string of the molecule is OC1COC(n2cc(COCc3ccc4ccccc4c3)nn2)C(O)C1O. The second kappa shape index (κ2) is 7.71. The highest BCUT2D eigenvalue weighted by Crippen LogP contribution is 2.23. The summed E-state index contributed by atoms with van der Waals surface area (Å²) >= 11 is 0. The van der Waals surface area contributed by atoms with Gasteiger partial charge in [-0.25, -0.2) is 4.68 Å². The maximum atomic E-state index is 10.0. The molecular weight excluding hydrogens is 350 g/mol. The van der Waals surface area contributed by atoms with E-state index < -0.39 is 24.5 Å². The molecule has 0 aliphatic carbocycles. The number of fused-ring (bicyclic) bond motifs is 1. The number of nitrogens with zero attached hydrogens (tertiary/aromatic N) is 3. The van der Waals surface area contributed by atoms with E-state index in [0.717, 1.165) is 10.9 Å². The zero-order valence-electron chi connectivity index (χ0n) is 14.5. The Bertz CT molecular complexity index is 915. The molecule has 4 unspecified atom stereocenters. The first-order chi connectivity index (χ1) is 13.1. The second-order valence-electron chi connectivity index (χ2n) is 6.64. The second-order valence-corrected chi connectivity index (χ2v) is 6.64. The fraction of sp³-hybridized carbons (Fsp3) is 0.368. The highest BCUT2D eigenvalue weighted by atomic mass is 16.5. The van der Waals surface area contributed by atoms with E-state index in [2.05, 4.69) is 34.6 Å². The van der Waals surface area contributed by atoms with Gasteiger partial charge in [0.25, 0.3) is 0 Å². The van der Waals surface area contributed by atoms with Crippen molar-refractivity contribution in [3.05, 3.63) is 59.9 Å². The number of hydrogen-bond donors (Lipinski definition) is 3. The van der Waals surface area contributed by atoms with E-state index in [1.807, 2.05) is 18.2 Å². The molecule has 0 saturated carbocycles. The fourth-order valence-corrected chi connectivity index (χ4v) is 3.13. The number of aromatic nitrogens is 3. The number of rotatable bonds is 5. The van der Waals surface area contributed by atoms with Crippen LogP contribution in [-0.2, 0) is 22.7 Å². The van der Waals surface area contributed by atoms with Crippen molar-refractivity contribution in [3.8, 4) is 0 Å². The van der Waals surface area contributed by atoms with Crippen LogP contribution in [0.3, 0.4) is 0 Å². The van der Waals surface area contributed by atoms with Gasteiger partial charge >= 0.3 is 0 Å². The van der Waals surface area contributed by atoms with Gasteiger partial charge in [0, 0.05) is 0 Å². The predicted octanol–water partition coefficient (Wildman–Crippen LogP) is 0.760. The molecule has 0 spiro atoms. The molecule has 3 N–H and O–H groups in total. The summed E-state index contributed by atoms with van der Waals surface area (Å²) in [5, 5.41) is 39.6. The summed E-state index contributed by atoms with van der Waals surface area (Å²) in [6.45, 7) is 0.600. The van der Waals surface area contributed by atoms with Crippen molar-refractivity contribution in [3.63, 3.8) is 0 Å².